The van der Waals surface area contributed by atoms with E-state index in [0.29, 0.717) is 0 Å². The first kappa shape index (κ1) is 34.4. The van der Waals surface area contributed by atoms with E-state index in [4.69, 9.17) is 27.9 Å². The Morgan fingerprint density at radius 1 is 0.863 bits per heavy atom. The van der Waals surface area contributed by atoms with Gasteiger partial charge in [-0.15, -0.1) is 23.2 Å². The fourth-order valence-corrected chi connectivity index (χ4v) is 8.78. The summed E-state index contributed by atoms with van der Waals surface area (Å²) < 4.78 is 78.5. The predicted molar refractivity (Wildman–Crippen MR) is 167 cm³/mol. The summed E-state index contributed by atoms with van der Waals surface area (Å²) >= 11 is 14.2. The molecule has 0 bridgehead atoms. The van der Waals surface area contributed by atoms with Crippen LogP contribution in [0.25, 0.3) is 0 Å². The smallest absolute Gasteiger partial charge is 0.335 e. The van der Waals surface area contributed by atoms with Crippen LogP contribution in [0.2, 0.25) is 0 Å². The molecule has 0 radical (unpaired) electrons. The maximum Gasteiger partial charge on any atom is 0.335 e. The molecule has 2 heterocycles. The summed E-state index contributed by atoms with van der Waals surface area (Å²) in [5.74, 6) is -24.3. The quantitative estimate of drug-likeness (QED) is 0.0863. The lowest BCUT2D eigenvalue weighted by Crippen LogP contribution is -2.60. The predicted octanol–water partition coefficient (Wildman–Crippen LogP) is 5.56. The Hall–Kier alpha value is -5.02. The van der Waals surface area contributed by atoms with Gasteiger partial charge < -0.3 is 14.9 Å². The number of anilines is 2. The van der Waals surface area contributed by atoms with Crippen molar-refractivity contribution in [3.8, 4) is 11.5 Å². The first-order valence-electron chi connectivity index (χ1n) is 15.1. The van der Waals surface area contributed by atoms with Crippen LogP contribution in [-0.2, 0) is 19.2 Å². The summed E-state index contributed by atoms with van der Waals surface area (Å²) in [5.41, 5.74) is -1.99. The van der Waals surface area contributed by atoms with Gasteiger partial charge in [0, 0.05) is 5.92 Å². The van der Waals surface area contributed by atoms with Crippen molar-refractivity contribution >= 4 is 64.2 Å². The minimum Gasteiger partial charge on any atom is -0.504 e. The average molecular weight is 751 g/mol. The van der Waals surface area contributed by atoms with Crippen LogP contribution in [0.4, 0.5) is 33.3 Å². The first-order chi connectivity index (χ1) is 24.0. The number of alkyl halides is 2. The number of aromatic hydroxyl groups is 1. The largest absolute Gasteiger partial charge is 0.504 e. The summed E-state index contributed by atoms with van der Waals surface area (Å²) in [7, 11) is 1.20. The van der Waals surface area contributed by atoms with E-state index in [1.807, 2.05) is 0 Å². The first-order valence-corrected chi connectivity index (χ1v) is 15.8. The molecule has 17 heteroatoms. The molecule has 2 saturated heterocycles. The lowest BCUT2D eigenvalue weighted by Gasteiger charge is -2.50. The number of aromatic carboxylic acids is 1. The standard InChI is InChI=1S/C34H21Cl2F5N2O8/c1-51-19-10-12(5-8-18(19)44)21-15-6-7-16-20(29(46)42(28(16)45)14-4-2-3-13(9-14)30(47)48)17(15)11-33(35)31(49)43(32(50)34(21,33)36)27-25(40)23(38)22(37)24(39)26(27)41/h2-6,8-10,16-17,20-21,44H,7,11H2,1H3,(H,47,48)/t16-,17+,20-,21-,33+,34-/m0/s1. The van der Waals surface area contributed by atoms with Crippen LogP contribution in [-0.4, -0.2) is 56.7 Å². The molecule has 51 heavy (non-hydrogen) atoms. The topological polar surface area (TPSA) is 142 Å². The monoisotopic (exact) mass is 750 g/mol. The van der Waals surface area contributed by atoms with E-state index in [2.05, 4.69) is 0 Å². The van der Waals surface area contributed by atoms with Gasteiger partial charge in [-0.3, -0.25) is 24.1 Å². The van der Waals surface area contributed by atoms with Gasteiger partial charge in [-0.2, -0.15) is 0 Å². The summed E-state index contributed by atoms with van der Waals surface area (Å²) in [6.45, 7) is 0. The van der Waals surface area contributed by atoms with E-state index in [1.165, 1.54) is 43.5 Å². The number of methoxy groups -OCH3 is 1. The fourth-order valence-electron chi connectivity index (χ4n) is 7.85. The van der Waals surface area contributed by atoms with E-state index in [9.17, 15) is 47.4 Å². The van der Waals surface area contributed by atoms with Crippen molar-refractivity contribution in [3.05, 3.63) is 94.3 Å². The zero-order chi connectivity index (χ0) is 37.1. The SMILES string of the molecule is COc1cc([C@H]2C3=CC[C@@H]4C(=O)N(c5cccc(C(=O)O)c5)C(=O)[C@@H]4[C@@H]3C[C@@]3(Cl)C(=O)N(c4c(F)c(F)c(F)c(F)c4F)C(=O)[C@@]23Cl)ccc1O. The van der Waals surface area contributed by atoms with E-state index >= 15 is 8.78 Å². The van der Waals surface area contributed by atoms with Gasteiger partial charge in [0.2, 0.25) is 17.6 Å². The molecule has 3 fully saturated rings. The Morgan fingerprint density at radius 2 is 1.51 bits per heavy atom. The van der Waals surface area contributed by atoms with Crippen molar-refractivity contribution in [2.24, 2.45) is 17.8 Å². The number of hydrogen-bond acceptors (Lipinski definition) is 7. The Kier molecular flexibility index (Phi) is 7.76. The molecule has 3 aromatic rings. The Labute approximate surface area is 293 Å². The number of hydrogen-bond donors (Lipinski definition) is 2. The highest BCUT2D eigenvalue weighted by Crippen LogP contribution is 2.66. The van der Waals surface area contributed by atoms with Crippen LogP contribution in [0.1, 0.15) is 34.7 Å². The van der Waals surface area contributed by atoms with Gasteiger partial charge in [-0.05, 0) is 54.7 Å². The number of allylic oxidation sites excluding steroid dienone is 2. The van der Waals surface area contributed by atoms with E-state index < -0.39 is 104 Å². The lowest BCUT2D eigenvalue weighted by atomic mass is 9.56. The van der Waals surface area contributed by atoms with E-state index in [0.717, 1.165) is 17.0 Å². The average Bonchev–Trinajstić information content (AvgIpc) is 3.45. The molecule has 2 aliphatic heterocycles. The van der Waals surface area contributed by atoms with Gasteiger partial charge in [0.25, 0.3) is 11.8 Å². The van der Waals surface area contributed by atoms with Gasteiger partial charge in [-0.25, -0.2) is 31.6 Å². The zero-order valence-electron chi connectivity index (χ0n) is 25.7. The number of rotatable bonds is 5. The van der Waals surface area contributed by atoms with Crippen LogP contribution in [0.15, 0.2) is 54.1 Å². The number of phenols is 1. The molecule has 3 aromatic carbocycles. The number of amides is 4. The number of nitrogens with zero attached hydrogens (tertiary/aromatic N) is 2. The number of carbonyl (C=O) groups is 5. The number of phenolic OH excluding ortho intramolecular Hbond substituents is 1. The number of fused-ring (bicyclic) bond motifs is 4. The number of halogens is 7. The third-order valence-electron chi connectivity index (χ3n) is 10.1. The summed E-state index contributed by atoms with van der Waals surface area (Å²) in [6.07, 6.45) is 0.639. The van der Waals surface area contributed by atoms with Crippen LogP contribution in [0.5, 0.6) is 11.5 Å². The Balaban J connectivity index is 1.43. The molecule has 2 aliphatic carbocycles. The summed E-state index contributed by atoms with van der Waals surface area (Å²) in [4.78, 5) is 63.2. The van der Waals surface area contributed by atoms with Gasteiger partial charge in [-0.1, -0.05) is 23.8 Å². The molecular formula is C34H21Cl2F5N2O8. The summed E-state index contributed by atoms with van der Waals surface area (Å²) in [6, 6.07) is 8.66. The number of carbonyl (C=O) groups excluding carboxylic acids is 4. The van der Waals surface area contributed by atoms with Crippen molar-refractivity contribution in [2.75, 3.05) is 16.9 Å². The molecule has 7 rings (SSSR count). The van der Waals surface area contributed by atoms with Gasteiger partial charge in [0.15, 0.2) is 44.5 Å². The number of imide groups is 2. The minimum atomic E-state index is -2.76. The molecular weight excluding hydrogens is 730 g/mol. The van der Waals surface area contributed by atoms with Gasteiger partial charge in [0.1, 0.15) is 5.69 Å². The summed E-state index contributed by atoms with van der Waals surface area (Å²) in [5, 5.41) is 19.8. The van der Waals surface area contributed by atoms with Crippen LogP contribution in [0.3, 0.4) is 0 Å². The lowest BCUT2D eigenvalue weighted by molar-refractivity contribution is -0.125. The van der Waals surface area contributed by atoms with Crippen LogP contribution < -0.4 is 14.5 Å². The Bertz CT molecular complexity index is 2150. The molecule has 264 valence electrons. The molecule has 0 spiro atoms. The number of carboxylic acids is 1. The second-order valence-corrected chi connectivity index (χ2v) is 13.7. The highest BCUT2D eigenvalue weighted by Gasteiger charge is 2.77. The minimum absolute atomic E-state index is 0.0299. The molecule has 10 nitrogen and oxygen atoms in total. The van der Waals surface area contributed by atoms with Crippen molar-refractivity contribution in [3.63, 3.8) is 0 Å². The molecule has 4 aliphatic rings. The third-order valence-corrected chi connectivity index (χ3v) is 11.5. The highest BCUT2D eigenvalue weighted by molar-refractivity contribution is 6.58. The highest BCUT2D eigenvalue weighted by atomic mass is 35.5. The van der Waals surface area contributed by atoms with Crippen molar-refractivity contribution in [1.82, 2.24) is 0 Å². The maximum atomic E-state index is 15.2. The van der Waals surface area contributed by atoms with E-state index in [1.54, 1.807) is 0 Å². The number of benzene rings is 3. The molecule has 6 atom stereocenters. The molecule has 1 saturated carbocycles. The maximum absolute atomic E-state index is 15.2. The third kappa shape index (κ3) is 4.43. The van der Waals surface area contributed by atoms with Gasteiger partial charge in [0.05, 0.1) is 30.2 Å². The normalized spacial score (nSPS) is 28.4. The van der Waals surface area contributed by atoms with Crippen LogP contribution in [0, 0.1) is 46.8 Å². The molecule has 0 aromatic heterocycles. The van der Waals surface area contributed by atoms with Crippen molar-refractivity contribution in [1.29, 1.82) is 0 Å². The van der Waals surface area contributed by atoms with Crippen LogP contribution >= 0.6 is 23.2 Å². The second-order valence-electron chi connectivity index (χ2n) is 12.5. The molecule has 0 unspecified atom stereocenters. The fraction of sp³-hybridized carbons (Fsp3) is 0.265. The molecule has 2 N–H and O–H groups in total. The van der Waals surface area contributed by atoms with E-state index in [-0.39, 0.29) is 45.2 Å². The zero-order valence-corrected chi connectivity index (χ0v) is 27.2. The van der Waals surface area contributed by atoms with Gasteiger partial charge >= 0.3 is 5.97 Å². The second kappa shape index (κ2) is 11.5. The van der Waals surface area contributed by atoms with Crippen molar-refractivity contribution < 1.29 is 60.9 Å². The molecule has 4 amide bonds. The number of carboxylic acid groups (broad SMARTS) is 1. The Morgan fingerprint density at radius 3 is 2.14 bits per heavy atom. The number of ether oxygens (including phenoxy) is 1. The van der Waals surface area contributed by atoms with Crippen molar-refractivity contribution in [2.45, 2.75) is 28.5 Å².